The monoisotopic (exact) mass is 392 g/mol. The molecule has 2 heterocycles. The van der Waals surface area contributed by atoms with Gasteiger partial charge in [0.05, 0.1) is 24.3 Å². The third-order valence-electron chi connectivity index (χ3n) is 3.91. The molecule has 4 heteroatoms. The molecule has 0 fully saturated rings. The number of imidazole rings is 1. The van der Waals surface area contributed by atoms with Gasteiger partial charge in [0.25, 0.3) is 0 Å². The summed E-state index contributed by atoms with van der Waals surface area (Å²) in [5, 5.41) is 1.33. The first kappa shape index (κ1) is 16.6. The minimum atomic E-state index is 0. The Balaban J connectivity index is 0.00000156. The summed E-state index contributed by atoms with van der Waals surface area (Å²) in [6.45, 7) is 2.19. The molecule has 0 bridgehead atoms. The van der Waals surface area contributed by atoms with Crippen LogP contribution < -0.4 is 4.57 Å². The molecule has 4 rings (SSSR count). The van der Waals surface area contributed by atoms with E-state index in [0.717, 1.165) is 11.5 Å². The van der Waals surface area contributed by atoms with Gasteiger partial charge in [-0.05, 0) is 23.9 Å². The smallest absolute Gasteiger partial charge is 0.194 e. The van der Waals surface area contributed by atoms with Crippen molar-refractivity contribution in [3.05, 3.63) is 72.6 Å². The number of fused-ring (bicyclic) bond motifs is 1. The van der Waals surface area contributed by atoms with Crippen molar-refractivity contribution in [2.24, 2.45) is 7.05 Å². The first-order chi connectivity index (χ1) is 10.8. The first-order valence-corrected chi connectivity index (χ1v) is 8.02. The molecule has 0 unspecified atom stereocenters. The number of aryl methyl sites for hydroxylation is 2. The van der Waals surface area contributed by atoms with Crippen molar-refractivity contribution < 1.29 is 37.3 Å². The molecule has 111 valence electrons. The molecular weight excluding hydrogens is 377 g/mol. The summed E-state index contributed by atoms with van der Waals surface area (Å²) >= 11 is 1.83. The van der Waals surface area contributed by atoms with E-state index in [1.807, 2.05) is 35.7 Å². The fourth-order valence-corrected chi connectivity index (χ4v) is 4.07. The zero-order valence-corrected chi connectivity index (χ0v) is 16.7. The third-order valence-corrected chi connectivity index (χ3v) is 5.18. The van der Waals surface area contributed by atoms with Crippen molar-refractivity contribution in [3.8, 4) is 16.4 Å². The molecule has 0 aliphatic heterocycles. The number of nitrogens with zero attached hydrogens (tertiary/aromatic N) is 2. The van der Waals surface area contributed by atoms with Gasteiger partial charge in [0, 0.05) is 37.4 Å². The van der Waals surface area contributed by atoms with Gasteiger partial charge in [0.2, 0.25) is 0 Å². The minimum absolute atomic E-state index is 0. The number of hydrogen-bond donors (Lipinski definition) is 0. The predicted octanol–water partition coefficient (Wildman–Crippen LogP) is 4.09. The number of para-hydroxylation sites is 1. The maximum absolute atomic E-state index is 3.32. The predicted molar refractivity (Wildman–Crippen MR) is 90.2 cm³/mol. The molecular formula is C19H15N2SY-. The molecule has 0 spiro atoms. The summed E-state index contributed by atoms with van der Waals surface area (Å²) in [6.07, 6.45) is 5.29. The first-order valence-electron chi connectivity index (χ1n) is 7.20. The fraction of sp³-hybridized carbons (Fsp3) is 0.105. The second kappa shape index (κ2) is 6.68. The molecule has 0 aliphatic carbocycles. The molecule has 2 aromatic heterocycles. The molecule has 0 atom stereocenters. The maximum atomic E-state index is 3.32. The van der Waals surface area contributed by atoms with Crippen LogP contribution in [0.3, 0.4) is 0 Å². The van der Waals surface area contributed by atoms with Gasteiger partial charge in [0.15, 0.2) is 5.82 Å². The standard InChI is InChI=1S/C19H15N2S.Y/c1-14-16-10-6-7-11-17(16)22-18(14)19-20(2)12-13-21(19)15-8-4-3-5-9-15;/h3-8,10-12H,1-2H3;/q-1;. The van der Waals surface area contributed by atoms with E-state index < -0.39 is 0 Å². The van der Waals surface area contributed by atoms with E-state index in [2.05, 4.69) is 65.7 Å². The van der Waals surface area contributed by atoms with Crippen molar-refractivity contribution in [1.82, 2.24) is 4.57 Å². The molecule has 0 aliphatic rings. The Hall–Kier alpha value is -1.29. The summed E-state index contributed by atoms with van der Waals surface area (Å²) in [4.78, 5) is 1.28. The number of aromatic nitrogens is 2. The van der Waals surface area contributed by atoms with E-state index in [9.17, 15) is 0 Å². The average Bonchev–Trinajstić information content (AvgIpc) is 3.09. The Morgan fingerprint density at radius 3 is 2.61 bits per heavy atom. The minimum Gasteiger partial charge on any atom is -0.378 e. The third kappa shape index (κ3) is 2.82. The molecule has 1 radical (unpaired) electrons. The Bertz CT molecular complexity index is 954. The van der Waals surface area contributed by atoms with Crippen molar-refractivity contribution in [2.75, 3.05) is 0 Å². The molecule has 0 N–H and O–H groups in total. The molecule has 0 saturated carbocycles. The van der Waals surface area contributed by atoms with Crippen LogP contribution in [0.4, 0.5) is 0 Å². The SMILES string of the molecule is Cc1c(-c2n(C)c[c-][n+]2-c2[c-]cccc2)sc2ccccc12.[Y]. The molecule has 0 amide bonds. The van der Waals surface area contributed by atoms with Gasteiger partial charge in [-0.1, -0.05) is 23.9 Å². The summed E-state index contributed by atoms with van der Waals surface area (Å²) in [7, 11) is 2.06. The van der Waals surface area contributed by atoms with E-state index >= 15 is 0 Å². The summed E-state index contributed by atoms with van der Waals surface area (Å²) < 4.78 is 5.52. The van der Waals surface area contributed by atoms with Crippen LogP contribution in [0.1, 0.15) is 5.56 Å². The Labute approximate surface area is 165 Å². The van der Waals surface area contributed by atoms with Crippen molar-refractivity contribution in [2.45, 2.75) is 6.92 Å². The van der Waals surface area contributed by atoms with E-state index in [1.165, 1.54) is 20.5 Å². The van der Waals surface area contributed by atoms with Gasteiger partial charge in [-0.25, -0.2) is 6.07 Å². The Morgan fingerprint density at radius 1 is 1.09 bits per heavy atom. The Kier molecular flexibility index (Phi) is 4.81. The molecule has 2 nitrogen and oxygen atoms in total. The number of thiophene rings is 1. The Morgan fingerprint density at radius 2 is 1.87 bits per heavy atom. The molecule has 23 heavy (non-hydrogen) atoms. The summed E-state index contributed by atoms with van der Waals surface area (Å²) in [6, 6.07) is 19.9. The van der Waals surface area contributed by atoms with Crippen LogP contribution in [-0.2, 0) is 39.8 Å². The van der Waals surface area contributed by atoms with Gasteiger partial charge >= 0.3 is 0 Å². The van der Waals surface area contributed by atoms with E-state index in [-0.39, 0.29) is 32.7 Å². The van der Waals surface area contributed by atoms with Crippen molar-refractivity contribution in [3.63, 3.8) is 0 Å². The average molecular weight is 392 g/mol. The van der Waals surface area contributed by atoms with Crippen LogP contribution >= 0.6 is 11.3 Å². The maximum Gasteiger partial charge on any atom is 0.194 e. The van der Waals surface area contributed by atoms with E-state index in [4.69, 9.17) is 0 Å². The van der Waals surface area contributed by atoms with Crippen molar-refractivity contribution in [1.29, 1.82) is 0 Å². The number of hydrogen-bond acceptors (Lipinski definition) is 1. The molecule has 0 saturated heterocycles. The summed E-state index contributed by atoms with van der Waals surface area (Å²) in [5.41, 5.74) is 2.33. The second-order valence-electron chi connectivity index (χ2n) is 5.33. The topological polar surface area (TPSA) is 8.81 Å². The second-order valence-corrected chi connectivity index (χ2v) is 6.38. The van der Waals surface area contributed by atoms with E-state index in [0.29, 0.717) is 0 Å². The molecule has 4 aromatic rings. The van der Waals surface area contributed by atoms with Crippen LogP contribution in [0.25, 0.3) is 26.5 Å². The molecule has 2 aromatic carbocycles. The van der Waals surface area contributed by atoms with Crippen LogP contribution in [0.15, 0.2) is 54.7 Å². The van der Waals surface area contributed by atoms with Crippen LogP contribution in [0, 0.1) is 19.2 Å². The number of rotatable bonds is 2. The zero-order chi connectivity index (χ0) is 15.1. The van der Waals surface area contributed by atoms with Gasteiger partial charge in [-0.2, -0.15) is 24.3 Å². The van der Waals surface area contributed by atoms with Gasteiger partial charge in [-0.15, -0.1) is 11.3 Å². The van der Waals surface area contributed by atoms with Crippen LogP contribution in [0.5, 0.6) is 0 Å². The summed E-state index contributed by atoms with van der Waals surface area (Å²) in [5.74, 6) is 1.14. The van der Waals surface area contributed by atoms with Crippen LogP contribution in [0.2, 0.25) is 0 Å². The van der Waals surface area contributed by atoms with Gasteiger partial charge in [-0.3, -0.25) is 4.57 Å². The van der Waals surface area contributed by atoms with Gasteiger partial charge in [0.1, 0.15) is 0 Å². The zero-order valence-electron chi connectivity index (χ0n) is 13.1. The number of benzene rings is 2. The van der Waals surface area contributed by atoms with Crippen LogP contribution in [-0.4, -0.2) is 4.57 Å². The normalized spacial score (nSPS) is 10.7. The van der Waals surface area contributed by atoms with Crippen molar-refractivity contribution >= 4 is 21.4 Å². The van der Waals surface area contributed by atoms with Gasteiger partial charge < -0.3 is 4.57 Å². The fourth-order valence-electron chi connectivity index (χ4n) is 2.78. The van der Waals surface area contributed by atoms with E-state index in [1.54, 1.807) is 0 Å². The largest absolute Gasteiger partial charge is 0.378 e. The quantitative estimate of drug-likeness (QED) is 0.359.